The number of carbonyl (C=O) groups is 1. The zero-order chi connectivity index (χ0) is 22.5. The molecule has 1 aromatic carbocycles. The van der Waals surface area contributed by atoms with Gasteiger partial charge in [-0.25, -0.2) is 19.6 Å². The van der Waals surface area contributed by atoms with E-state index in [4.69, 9.17) is 15.8 Å². The predicted octanol–water partition coefficient (Wildman–Crippen LogP) is 3.48. The summed E-state index contributed by atoms with van der Waals surface area (Å²) >= 11 is 1.79. The van der Waals surface area contributed by atoms with E-state index in [-0.39, 0.29) is 11.9 Å². The van der Waals surface area contributed by atoms with Gasteiger partial charge in [0.25, 0.3) is 0 Å². The van der Waals surface area contributed by atoms with Crippen LogP contribution in [0, 0.1) is 11.8 Å². The molecule has 0 bridgehead atoms. The first kappa shape index (κ1) is 20.1. The molecule has 4 aromatic rings. The molecule has 9 heteroatoms. The molecule has 1 saturated heterocycles. The Bertz CT molecular complexity index is 1460. The molecular weight excluding hydrogens is 434 g/mol. The van der Waals surface area contributed by atoms with Crippen molar-refractivity contribution in [1.29, 1.82) is 0 Å². The summed E-state index contributed by atoms with van der Waals surface area (Å²) < 4.78 is 3.06. The molecule has 2 fully saturated rings. The van der Waals surface area contributed by atoms with Gasteiger partial charge in [0.05, 0.1) is 26.7 Å². The fourth-order valence-corrected chi connectivity index (χ4v) is 5.67. The van der Waals surface area contributed by atoms with Crippen LogP contribution in [0.4, 0.5) is 5.82 Å². The van der Waals surface area contributed by atoms with Crippen molar-refractivity contribution in [2.45, 2.75) is 44.6 Å². The Balaban J connectivity index is 1.36. The molecule has 2 aliphatic rings. The molecule has 4 heterocycles. The van der Waals surface area contributed by atoms with Crippen molar-refractivity contribution in [3.8, 4) is 11.8 Å². The molecule has 0 spiro atoms. The largest absolute Gasteiger partial charge is 0.383 e. The van der Waals surface area contributed by atoms with Crippen molar-refractivity contribution in [2.75, 3.05) is 18.8 Å². The number of aromatic nitrogens is 5. The third-order valence-electron chi connectivity index (χ3n) is 6.66. The van der Waals surface area contributed by atoms with E-state index in [0.717, 1.165) is 17.5 Å². The summed E-state index contributed by atoms with van der Waals surface area (Å²) in [5.41, 5.74) is 9.29. The smallest absolute Gasteiger partial charge is 0.219 e. The number of rotatable bonds is 2. The summed E-state index contributed by atoms with van der Waals surface area (Å²) in [7, 11) is 0. The summed E-state index contributed by atoms with van der Waals surface area (Å²) in [6, 6.07) is 6.21. The van der Waals surface area contributed by atoms with E-state index in [1.165, 1.54) is 35.3 Å². The molecule has 2 N–H and O–H groups in total. The van der Waals surface area contributed by atoms with Crippen molar-refractivity contribution in [2.24, 2.45) is 0 Å². The SMILES string of the molecule is CC(=O)N1CC[C@H](n2nc(C#Cc3ccc4sc(C5CCC5)nc4c3)c3c(N)ncnc32)C1. The van der Waals surface area contributed by atoms with Crippen LogP contribution in [0.25, 0.3) is 21.3 Å². The maximum absolute atomic E-state index is 11.8. The van der Waals surface area contributed by atoms with Gasteiger partial charge in [0, 0.05) is 31.5 Å². The maximum atomic E-state index is 11.8. The number of fused-ring (bicyclic) bond motifs is 2. The molecule has 3 aromatic heterocycles. The standard InChI is InChI=1S/C24H23N7OS/c1-14(32)30-10-9-17(12-30)31-23-21(22(25)26-13-27-23)18(29-31)7-5-15-6-8-20-19(11-15)28-24(33-20)16-3-2-4-16/h6,8,11,13,16-17H,2-4,9-10,12H2,1H3,(H2,25,26,27)/t17-/m0/s1. The number of likely N-dealkylation sites (tertiary alicyclic amines) is 1. The molecule has 1 amide bonds. The highest BCUT2D eigenvalue weighted by atomic mass is 32.1. The van der Waals surface area contributed by atoms with Gasteiger partial charge in [-0.2, -0.15) is 5.10 Å². The van der Waals surface area contributed by atoms with E-state index in [0.29, 0.717) is 41.6 Å². The Kier molecular flexibility index (Phi) is 4.76. The van der Waals surface area contributed by atoms with Crippen LogP contribution < -0.4 is 5.73 Å². The summed E-state index contributed by atoms with van der Waals surface area (Å²) in [5, 5.41) is 6.66. The van der Waals surface area contributed by atoms with Gasteiger partial charge in [0.15, 0.2) is 5.65 Å². The highest BCUT2D eigenvalue weighted by molar-refractivity contribution is 7.18. The summed E-state index contributed by atoms with van der Waals surface area (Å²) in [4.78, 5) is 27.0. The first-order chi connectivity index (χ1) is 16.1. The summed E-state index contributed by atoms with van der Waals surface area (Å²) in [6.45, 7) is 2.90. The minimum Gasteiger partial charge on any atom is -0.383 e. The van der Waals surface area contributed by atoms with Crippen molar-refractivity contribution < 1.29 is 4.79 Å². The van der Waals surface area contributed by atoms with Crippen LogP contribution in [0.1, 0.15) is 60.8 Å². The molecule has 0 unspecified atom stereocenters. The van der Waals surface area contributed by atoms with E-state index >= 15 is 0 Å². The zero-order valence-corrected chi connectivity index (χ0v) is 19.1. The average molecular weight is 458 g/mol. The van der Waals surface area contributed by atoms with Gasteiger partial charge >= 0.3 is 0 Å². The number of thiazole rings is 1. The first-order valence-electron chi connectivity index (χ1n) is 11.2. The van der Waals surface area contributed by atoms with Crippen LogP contribution >= 0.6 is 11.3 Å². The monoisotopic (exact) mass is 457 g/mol. The third-order valence-corrected chi connectivity index (χ3v) is 7.86. The van der Waals surface area contributed by atoms with Crippen LogP contribution in [0.3, 0.4) is 0 Å². The number of hydrogen-bond donors (Lipinski definition) is 1. The number of nitrogen functional groups attached to an aromatic ring is 1. The second kappa shape index (κ2) is 7.81. The Morgan fingerprint density at radius 2 is 2.09 bits per heavy atom. The lowest BCUT2D eigenvalue weighted by atomic mass is 9.86. The van der Waals surface area contributed by atoms with Gasteiger partial charge in [-0.3, -0.25) is 4.79 Å². The van der Waals surface area contributed by atoms with Gasteiger partial charge in [0.2, 0.25) is 5.91 Å². The van der Waals surface area contributed by atoms with Gasteiger partial charge < -0.3 is 10.6 Å². The van der Waals surface area contributed by atoms with E-state index in [2.05, 4.69) is 27.9 Å². The van der Waals surface area contributed by atoms with Gasteiger partial charge in [-0.1, -0.05) is 12.3 Å². The Morgan fingerprint density at radius 3 is 2.85 bits per heavy atom. The average Bonchev–Trinajstić information content (AvgIpc) is 3.47. The molecule has 1 aliphatic heterocycles. The molecule has 6 rings (SSSR count). The molecule has 166 valence electrons. The van der Waals surface area contributed by atoms with E-state index in [1.807, 2.05) is 21.7 Å². The molecule has 33 heavy (non-hydrogen) atoms. The number of carbonyl (C=O) groups excluding carboxylic acids is 1. The van der Waals surface area contributed by atoms with E-state index in [9.17, 15) is 4.79 Å². The normalized spacial score (nSPS) is 18.5. The van der Waals surface area contributed by atoms with Crippen molar-refractivity contribution in [3.63, 3.8) is 0 Å². The van der Waals surface area contributed by atoms with Crippen LogP contribution in [0.5, 0.6) is 0 Å². The first-order valence-corrected chi connectivity index (χ1v) is 12.0. The number of amides is 1. The van der Waals surface area contributed by atoms with Crippen molar-refractivity contribution in [3.05, 3.63) is 40.8 Å². The van der Waals surface area contributed by atoms with Crippen molar-refractivity contribution in [1.82, 2.24) is 29.6 Å². The van der Waals surface area contributed by atoms with Crippen molar-refractivity contribution >= 4 is 44.3 Å². The molecule has 8 nitrogen and oxygen atoms in total. The van der Waals surface area contributed by atoms with Crippen LogP contribution in [0.2, 0.25) is 0 Å². The second-order valence-corrected chi connectivity index (χ2v) is 9.83. The fourth-order valence-electron chi connectivity index (χ4n) is 4.55. The number of hydrogen-bond acceptors (Lipinski definition) is 7. The topological polar surface area (TPSA) is 103 Å². The molecule has 1 saturated carbocycles. The lowest BCUT2D eigenvalue weighted by molar-refractivity contribution is -0.127. The van der Waals surface area contributed by atoms with E-state index in [1.54, 1.807) is 18.3 Å². The maximum Gasteiger partial charge on any atom is 0.219 e. The number of anilines is 1. The minimum absolute atomic E-state index is 0.0394. The third kappa shape index (κ3) is 3.51. The molecular formula is C24H23N7OS. The lowest BCUT2D eigenvalue weighted by Crippen LogP contribution is -2.26. The summed E-state index contributed by atoms with van der Waals surface area (Å²) in [6.07, 6.45) is 6.06. The van der Waals surface area contributed by atoms with Gasteiger partial charge in [-0.05, 0) is 43.4 Å². The molecule has 1 atom stereocenters. The predicted molar refractivity (Wildman–Crippen MR) is 128 cm³/mol. The van der Waals surface area contributed by atoms with Crippen LogP contribution in [0.15, 0.2) is 24.5 Å². The second-order valence-electron chi connectivity index (χ2n) is 8.77. The quantitative estimate of drug-likeness (QED) is 0.462. The zero-order valence-electron chi connectivity index (χ0n) is 18.3. The van der Waals surface area contributed by atoms with Crippen LogP contribution in [-0.2, 0) is 4.79 Å². The number of nitrogens with zero attached hydrogens (tertiary/aromatic N) is 6. The minimum atomic E-state index is 0.0394. The Hall–Kier alpha value is -3.51. The lowest BCUT2D eigenvalue weighted by Gasteiger charge is -2.22. The Morgan fingerprint density at radius 1 is 1.21 bits per heavy atom. The van der Waals surface area contributed by atoms with Gasteiger partial charge in [-0.15, -0.1) is 11.3 Å². The van der Waals surface area contributed by atoms with E-state index < -0.39 is 0 Å². The fraction of sp³-hybridized carbons (Fsp3) is 0.375. The highest BCUT2D eigenvalue weighted by Gasteiger charge is 2.29. The van der Waals surface area contributed by atoms with Crippen LogP contribution in [-0.4, -0.2) is 48.6 Å². The Labute approximate surface area is 194 Å². The summed E-state index contributed by atoms with van der Waals surface area (Å²) in [5.74, 6) is 7.48. The molecule has 1 aliphatic carbocycles. The number of benzene rings is 1. The highest BCUT2D eigenvalue weighted by Crippen LogP contribution is 2.40. The molecule has 0 radical (unpaired) electrons. The van der Waals surface area contributed by atoms with Gasteiger partial charge in [0.1, 0.15) is 17.8 Å². The number of nitrogens with two attached hydrogens (primary N) is 1.